The number of benzene rings is 1. The Morgan fingerprint density at radius 3 is 2.75 bits per heavy atom. The number of nitrogens with zero attached hydrogens (tertiary/aromatic N) is 3. The van der Waals surface area contributed by atoms with Crippen LogP contribution < -0.4 is 10.5 Å². The summed E-state index contributed by atoms with van der Waals surface area (Å²) in [5, 5.41) is 0. The third kappa shape index (κ3) is 2.12. The largest absolute Gasteiger partial charge is 0.481 e. The van der Waals surface area contributed by atoms with Crippen LogP contribution in [-0.4, -0.2) is 28.2 Å². The van der Waals surface area contributed by atoms with Gasteiger partial charge >= 0.3 is 0 Å². The molecule has 0 aliphatic heterocycles. The van der Waals surface area contributed by atoms with Crippen molar-refractivity contribution in [2.45, 2.75) is 6.42 Å². The second kappa shape index (κ2) is 5.30. The molecule has 102 valence electrons. The quantitative estimate of drug-likeness (QED) is 0.785. The van der Waals surface area contributed by atoms with Crippen LogP contribution in [0.4, 0.5) is 0 Å². The second-order valence-corrected chi connectivity index (χ2v) is 4.43. The zero-order valence-corrected chi connectivity index (χ0v) is 11.3. The summed E-state index contributed by atoms with van der Waals surface area (Å²) in [4.78, 5) is 9.12. The Hall–Kier alpha value is -2.40. The third-order valence-corrected chi connectivity index (χ3v) is 3.15. The predicted molar refractivity (Wildman–Crippen MR) is 78.2 cm³/mol. The Morgan fingerprint density at radius 2 is 1.95 bits per heavy atom. The molecule has 0 aliphatic carbocycles. The number of pyridine rings is 1. The molecule has 20 heavy (non-hydrogen) atoms. The van der Waals surface area contributed by atoms with Crippen molar-refractivity contribution in [1.29, 1.82) is 0 Å². The minimum absolute atomic E-state index is 0.549. The molecule has 0 saturated carbocycles. The molecule has 2 heterocycles. The van der Waals surface area contributed by atoms with Crippen molar-refractivity contribution in [3.63, 3.8) is 0 Å². The first-order chi connectivity index (χ1) is 9.83. The number of fused-ring (bicyclic) bond motifs is 1. The van der Waals surface area contributed by atoms with Crippen molar-refractivity contribution in [3.8, 4) is 11.7 Å². The highest BCUT2D eigenvalue weighted by atomic mass is 16.5. The van der Waals surface area contributed by atoms with Gasteiger partial charge in [-0.3, -0.25) is 4.57 Å². The van der Waals surface area contributed by atoms with E-state index in [0.717, 1.165) is 22.7 Å². The molecule has 0 aliphatic rings. The number of rotatable bonds is 4. The Morgan fingerprint density at radius 1 is 1.10 bits per heavy atom. The number of hydrogen-bond donors (Lipinski definition) is 1. The molecule has 0 spiro atoms. The van der Waals surface area contributed by atoms with Gasteiger partial charge in [0, 0.05) is 12.5 Å². The summed E-state index contributed by atoms with van der Waals surface area (Å²) < 4.78 is 7.23. The second-order valence-electron chi connectivity index (χ2n) is 4.43. The monoisotopic (exact) mass is 268 g/mol. The zero-order chi connectivity index (χ0) is 13.9. The van der Waals surface area contributed by atoms with Crippen molar-refractivity contribution in [2.75, 3.05) is 13.7 Å². The van der Waals surface area contributed by atoms with Gasteiger partial charge in [0.15, 0.2) is 0 Å². The van der Waals surface area contributed by atoms with Crippen molar-refractivity contribution in [2.24, 2.45) is 5.73 Å². The lowest BCUT2D eigenvalue weighted by Crippen LogP contribution is -2.10. The minimum atomic E-state index is 0.549. The van der Waals surface area contributed by atoms with Gasteiger partial charge in [-0.1, -0.05) is 18.2 Å². The predicted octanol–water partition coefficient (Wildman–Crippen LogP) is 1.93. The molecule has 0 radical (unpaired) electrons. The van der Waals surface area contributed by atoms with Crippen LogP contribution >= 0.6 is 0 Å². The van der Waals surface area contributed by atoms with Gasteiger partial charge in [0.2, 0.25) is 5.88 Å². The van der Waals surface area contributed by atoms with Gasteiger partial charge in [0.1, 0.15) is 11.6 Å². The van der Waals surface area contributed by atoms with Crippen LogP contribution in [0.15, 0.2) is 42.5 Å². The van der Waals surface area contributed by atoms with Crippen LogP contribution in [-0.2, 0) is 6.42 Å². The molecule has 5 heteroatoms. The van der Waals surface area contributed by atoms with E-state index >= 15 is 0 Å². The van der Waals surface area contributed by atoms with Crippen LogP contribution in [0.1, 0.15) is 5.82 Å². The number of methoxy groups -OCH3 is 1. The zero-order valence-electron chi connectivity index (χ0n) is 11.3. The van der Waals surface area contributed by atoms with E-state index in [1.807, 2.05) is 47.0 Å². The van der Waals surface area contributed by atoms with E-state index in [4.69, 9.17) is 10.5 Å². The maximum Gasteiger partial charge on any atom is 0.214 e. The first-order valence-corrected chi connectivity index (χ1v) is 6.51. The van der Waals surface area contributed by atoms with E-state index < -0.39 is 0 Å². The van der Waals surface area contributed by atoms with Gasteiger partial charge in [-0.25, -0.2) is 4.98 Å². The normalized spacial score (nSPS) is 10.9. The van der Waals surface area contributed by atoms with E-state index in [9.17, 15) is 0 Å². The molecule has 3 aromatic rings. The van der Waals surface area contributed by atoms with Gasteiger partial charge in [0.25, 0.3) is 0 Å². The fourth-order valence-corrected chi connectivity index (χ4v) is 2.27. The van der Waals surface area contributed by atoms with E-state index in [-0.39, 0.29) is 0 Å². The maximum atomic E-state index is 5.69. The SMILES string of the molecule is COc1cccc(-n2c(CCN)nc3ccccc32)n1. The average Bonchev–Trinajstić information content (AvgIpc) is 2.85. The van der Waals surface area contributed by atoms with Crippen LogP contribution in [0.3, 0.4) is 0 Å². The smallest absolute Gasteiger partial charge is 0.214 e. The number of para-hydroxylation sites is 2. The molecule has 2 N–H and O–H groups in total. The summed E-state index contributed by atoms with van der Waals surface area (Å²) in [6.45, 7) is 0.549. The maximum absolute atomic E-state index is 5.69. The summed E-state index contributed by atoms with van der Waals surface area (Å²) in [7, 11) is 1.61. The molecule has 1 aromatic carbocycles. The molecular formula is C15H16N4O. The molecule has 0 bridgehead atoms. The number of nitrogens with two attached hydrogens (primary N) is 1. The lowest BCUT2D eigenvalue weighted by atomic mass is 10.3. The lowest BCUT2D eigenvalue weighted by Gasteiger charge is -2.09. The molecular weight excluding hydrogens is 252 g/mol. The highest BCUT2D eigenvalue weighted by molar-refractivity contribution is 5.77. The average molecular weight is 268 g/mol. The third-order valence-electron chi connectivity index (χ3n) is 3.15. The summed E-state index contributed by atoms with van der Waals surface area (Å²) in [5.74, 6) is 2.29. The number of ether oxygens (including phenoxy) is 1. The van der Waals surface area contributed by atoms with Crippen LogP contribution in [0.5, 0.6) is 5.88 Å². The van der Waals surface area contributed by atoms with Gasteiger partial charge in [-0.2, -0.15) is 4.98 Å². The Labute approximate surface area is 117 Å². The fourth-order valence-electron chi connectivity index (χ4n) is 2.27. The van der Waals surface area contributed by atoms with E-state index in [1.165, 1.54) is 0 Å². The summed E-state index contributed by atoms with van der Waals surface area (Å²) in [6.07, 6.45) is 0.702. The van der Waals surface area contributed by atoms with Crippen LogP contribution in [0.2, 0.25) is 0 Å². The number of imidazole rings is 1. The molecule has 5 nitrogen and oxygen atoms in total. The van der Waals surface area contributed by atoms with Gasteiger partial charge in [-0.15, -0.1) is 0 Å². The summed E-state index contributed by atoms with van der Waals surface area (Å²) >= 11 is 0. The lowest BCUT2D eigenvalue weighted by molar-refractivity contribution is 0.397. The van der Waals surface area contributed by atoms with Gasteiger partial charge < -0.3 is 10.5 Å². The molecule has 0 saturated heterocycles. The molecule has 0 fully saturated rings. The Kier molecular flexibility index (Phi) is 3.35. The molecule has 0 atom stereocenters. The first-order valence-electron chi connectivity index (χ1n) is 6.51. The van der Waals surface area contributed by atoms with E-state index in [2.05, 4.69) is 9.97 Å². The topological polar surface area (TPSA) is 66.0 Å². The van der Waals surface area contributed by atoms with Crippen molar-refractivity contribution in [3.05, 3.63) is 48.3 Å². The molecule has 2 aromatic heterocycles. The van der Waals surface area contributed by atoms with E-state index in [0.29, 0.717) is 18.8 Å². The van der Waals surface area contributed by atoms with Crippen molar-refractivity contribution >= 4 is 11.0 Å². The molecule has 0 unspecified atom stereocenters. The highest BCUT2D eigenvalue weighted by Gasteiger charge is 2.12. The van der Waals surface area contributed by atoms with Crippen molar-refractivity contribution < 1.29 is 4.74 Å². The van der Waals surface area contributed by atoms with Crippen LogP contribution in [0.25, 0.3) is 16.9 Å². The van der Waals surface area contributed by atoms with Crippen LogP contribution in [0, 0.1) is 0 Å². The standard InChI is InChI=1S/C15H16N4O/c1-20-15-8-4-7-13(18-15)19-12-6-3-2-5-11(12)17-14(19)9-10-16/h2-8H,9-10,16H2,1H3. The fraction of sp³-hybridized carbons (Fsp3) is 0.200. The molecule has 3 rings (SSSR count). The minimum Gasteiger partial charge on any atom is -0.481 e. The van der Waals surface area contributed by atoms with Crippen molar-refractivity contribution in [1.82, 2.24) is 14.5 Å². The first kappa shape index (κ1) is 12.6. The number of hydrogen-bond acceptors (Lipinski definition) is 4. The Balaban J connectivity index is 2.24. The summed E-state index contributed by atoms with van der Waals surface area (Å²) in [6, 6.07) is 13.7. The van der Waals surface area contributed by atoms with Gasteiger partial charge in [0.05, 0.1) is 18.1 Å². The molecule has 0 amide bonds. The number of aromatic nitrogens is 3. The van der Waals surface area contributed by atoms with E-state index in [1.54, 1.807) is 7.11 Å². The Bertz CT molecular complexity index is 736. The highest BCUT2D eigenvalue weighted by Crippen LogP contribution is 2.21. The van der Waals surface area contributed by atoms with Gasteiger partial charge in [-0.05, 0) is 24.7 Å². The summed E-state index contributed by atoms with van der Waals surface area (Å²) in [5.41, 5.74) is 7.66.